The number of carbonyl (C=O) groups is 1. The minimum Gasteiger partial charge on any atom is -0.463 e. The number of hydrogen-bond acceptors (Lipinski definition) is 6. The fourth-order valence-corrected chi connectivity index (χ4v) is 2.83. The number of furan rings is 2. The number of anilines is 1. The van der Waals surface area contributed by atoms with Crippen LogP contribution in [0.4, 0.5) is 5.82 Å². The molecule has 1 amide bonds. The Bertz CT molecular complexity index is 1220. The van der Waals surface area contributed by atoms with Crippen LogP contribution in [-0.2, 0) is 0 Å². The number of aromatic amines is 1. The smallest absolute Gasteiger partial charge is 0.292 e. The van der Waals surface area contributed by atoms with Crippen molar-refractivity contribution in [1.82, 2.24) is 19.7 Å². The van der Waals surface area contributed by atoms with Crippen molar-refractivity contribution in [3.05, 3.63) is 68.6 Å². The lowest BCUT2D eigenvalue weighted by molar-refractivity contribution is 0.0994. The lowest BCUT2D eigenvalue weighted by atomic mass is 10.3. The molecule has 0 unspecified atom stereocenters. The first kappa shape index (κ1) is 18.0. The highest BCUT2D eigenvalue weighted by Gasteiger charge is 2.19. The zero-order valence-corrected chi connectivity index (χ0v) is 16.4. The average molecular weight is 444 g/mol. The van der Waals surface area contributed by atoms with E-state index in [2.05, 4.69) is 36.3 Å². The summed E-state index contributed by atoms with van der Waals surface area (Å²) >= 11 is 3.16. The van der Waals surface area contributed by atoms with Gasteiger partial charge in [0, 0.05) is 17.3 Å². The number of H-pyrrole nitrogens is 1. The van der Waals surface area contributed by atoms with Crippen LogP contribution in [0.5, 0.6) is 0 Å². The average Bonchev–Trinajstić information content (AvgIpc) is 3.39. The van der Waals surface area contributed by atoms with Gasteiger partial charge >= 0.3 is 0 Å². The predicted octanol–water partition coefficient (Wildman–Crippen LogP) is 3.44. The lowest BCUT2D eigenvalue weighted by Crippen LogP contribution is -2.20. The maximum absolute atomic E-state index is 12.5. The Hall–Kier alpha value is -3.40. The molecule has 4 rings (SSSR count). The van der Waals surface area contributed by atoms with E-state index in [4.69, 9.17) is 8.83 Å². The molecule has 0 saturated heterocycles. The van der Waals surface area contributed by atoms with Crippen LogP contribution in [0.25, 0.3) is 17.4 Å². The van der Waals surface area contributed by atoms with Gasteiger partial charge in [0.15, 0.2) is 16.2 Å². The maximum Gasteiger partial charge on any atom is 0.292 e. The van der Waals surface area contributed by atoms with Crippen molar-refractivity contribution in [2.24, 2.45) is 0 Å². The third kappa shape index (κ3) is 3.29. The number of halogens is 1. The van der Waals surface area contributed by atoms with Crippen LogP contribution in [0.15, 0.2) is 54.9 Å². The van der Waals surface area contributed by atoms with Gasteiger partial charge in [-0.3, -0.25) is 14.6 Å². The van der Waals surface area contributed by atoms with Gasteiger partial charge in [0.2, 0.25) is 5.95 Å². The van der Waals surface area contributed by atoms with Crippen LogP contribution in [-0.4, -0.2) is 25.7 Å². The van der Waals surface area contributed by atoms with E-state index in [1.54, 1.807) is 38.1 Å². The molecule has 4 aromatic rings. The fourth-order valence-electron chi connectivity index (χ4n) is 2.52. The number of amides is 1. The van der Waals surface area contributed by atoms with E-state index in [1.807, 2.05) is 0 Å². The number of carbonyl (C=O) groups excluding carboxylic acids is 1. The molecule has 2 N–H and O–H groups in total. The second-order valence-corrected chi connectivity index (χ2v) is 6.74. The SMILES string of the molecule is Cc1nc(-n2nc(-c3ccco3)cc2NC(=O)c2ccc(Br)o2)[nH]c(=O)c1C. The van der Waals surface area contributed by atoms with Crippen molar-refractivity contribution in [2.45, 2.75) is 13.8 Å². The van der Waals surface area contributed by atoms with E-state index in [0.717, 1.165) is 0 Å². The number of aromatic nitrogens is 4. The second kappa shape index (κ2) is 6.97. The van der Waals surface area contributed by atoms with Crippen LogP contribution in [0.1, 0.15) is 21.8 Å². The van der Waals surface area contributed by atoms with Gasteiger partial charge < -0.3 is 14.2 Å². The van der Waals surface area contributed by atoms with Crippen LogP contribution in [0, 0.1) is 13.8 Å². The molecule has 0 bridgehead atoms. The molecule has 0 aliphatic heterocycles. The van der Waals surface area contributed by atoms with Crippen molar-refractivity contribution < 1.29 is 13.6 Å². The summed E-state index contributed by atoms with van der Waals surface area (Å²) < 4.78 is 12.4. The van der Waals surface area contributed by atoms with E-state index in [0.29, 0.717) is 27.4 Å². The fraction of sp³-hybridized carbons (Fsp3) is 0.111. The Morgan fingerprint density at radius 1 is 1.29 bits per heavy atom. The van der Waals surface area contributed by atoms with Gasteiger partial charge in [-0.15, -0.1) is 0 Å². The molecule has 0 aromatic carbocycles. The van der Waals surface area contributed by atoms with Gasteiger partial charge in [-0.25, -0.2) is 4.98 Å². The summed E-state index contributed by atoms with van der Waals surface area (Å²) in [5, 5.41) is 7.14. The molecule has 0 fully saturated rings. The molecule has 0 aliphatic carbocycles. The molecule has 28 heavy (non-hydrogen) atoms. The third-order valence-electron chi connectivity index (χ3n) is 4.10. The van der Waals surface area contributed by atoms with Gasteiger partial charge in [-0.2, -0.15) is 9.78 Å². The molecule has 10 heteroatoms. The standard InChI is InChI=1S/C18H14BrN5O4/c1-9-10(2)20-18(22-16(9)25)24-15(8-11(23-24)12-4-3-7-27-12)21-17(26)13-5-6-14(19)28-13/h3-8H,1-2H3,(H,21,26)(H,20,22,25). The number of nitrogens with one attached hydrogen (secondary N) is 2. The Kier molecular flexibility index (Phi) is 4.47. The summed E-state index contributed by atoms with van der Waals surface area (Å²) in [4.78, 5) is 31.7. The van der Waals surface area contributed by atoms with E-state index < -0.39 is 5.91 Å². The Balaban J connectivity index is 1.80. The summed E-state index contributed by atoms with van der Waals surface area (Å²) in [6.45, 7) is 3.41. The van der Waals surface area contributed by atoms with Gasteiger partial charge in [0.25, 0.3) is 11.5 Å². The first-order chi connectivity index (χ1) is 13.4. The Morgan fingerprint density at radius 3 is 2.75 bits per heavy atom. The van der Waals surface area contributed by atoms with Crippen LogP contribution in [0.3, 0.4) is 0 Å². The Morgan fingerprint density at radius 2 is 2.11 bits per heavy atom. The highest BCUT2D eigenvalue weighted by atomic mass is 79.9. The number of nitrogens with zero attached hydrogens (tertiary/aromatic N) is 3. The van der Waals surface area contributed by atoms with Crippen molar-refractivity contribution in [2.75, 3.05) is 5.32 Å². The minimum absolute atomic E-state index is 0.112. The summed E-state index contributed by atoms with van der Waals surface area (Å²) in [6.07, 6.45) is 1.52. The van der Waals surface area contributed by atoms with Gasteiger partial charge in [0.1, 0.15) is 11.5 Å². The third-order valence-corrected chi connectivity index (χ3v) is 4.53. The minimum atomic E-state index is -0.482. The van der Waals surface area contributed by atoms with Crippen molar-refractivity contribution >= 4 is 27.7 Å². The monoisotopic (exact) mass is 443 g/mol. The molecule has 4 aromatic heterocycles. The summed E-state index contributed by atoms with van der Waals surface area (Å²) in [6, 6.07) is 8.22. The summed E-state index contributed by atoms with van der Waals surface area (Å²) in [5.74, 6) is 0.586. The highest BCUT2D eigenvalue weighted by molar-refractivity contribution is 9.10. The maximum atomic E-state index is 12.5. The molecule has 142 valence electrons. The van der Waals surface area contributed by atoms with Crippen LogP contribution in [0.2, 0.25) is 0 Å². The van der Waals surface area contributed by atoms with E-state index in [9.17, 15) is 9.59 Å². The van der Waals surface area contributed by atoms with E-state index in [-0.39, 0.29) is 23.1 Å². The molecule has 0 saturated carbocycles. The van der Waals surface area contributed by atoms with Crippen LogP contribution < -0.4 is 10.9 Å². The summed E-state index contributed by atoms with van der Waals surface area (Å²) in [7, 11) is 0. The molecule has 0 aliphatic rings. The van der Waals surface area contributed by atoms with Gasteiger partial charge in [-0.1, -0.05) is 0 Å². The number of hydrogen-bond donors (Lipinski definition) is 2. The van der Waals surface area contributed by atoms with Crippen molar-refractivity contribution in [1.29, 1.82) is 0 Å². The first-order valence-electron chi connectivity index (χ1n) is 8.21. The summed E-state index contributed by atoms with van der Waals surface area (Å²) in [5.41, 5.74) is 1.24. The second-order valence-electron chi connectivity index (χ2n) is 5.96. The van der Waals surface area contributed by atoms with Gasteiger partial charge in [0.05, 0.1) is 6.26 Å². The number of aryl methyl sites for hydroxylation is 1. The predicted molar refractivity (Wildman–Crippen MR) is 104 cm³/mol. The lowest BCUT2D eigenvalue weighted by Gasteiger charge is -2.08. The zero-order valence-electron chi connectivity index (χ0n) is 14.8. The molecule has 0 spiro atoms. The van der Waals surface area contributed by atoms with E-state index in [1.165, 1.54) is 17.0 Å². The molecule has 0 radical (unpaired) electrons. The Labute approximate surface area is 166 Å². The highest BCUT2D eigenvalue weighted by Crippen LogP contribution is 2.25. The quantitative estimate of drug-likeness (QED) is 0.498. The number of rotatable bonds is 4. The van der Waals surface area contributed by atoms with Gasteiger partial charge in [-0.05, 0) is 54.0 Å². The zero-order chi connectivity index (χ0) is 19.8. The first-order valence-corrected chi connectivity index (χ1v) is 9.00. The van der Waals surface area contributed by atoms with Crippen molar-refractivity contribution in [3.63, 3.8) is 0 Å². The molecular weight excluding hydrogens is 430 g/mol. The van der Waals surface area contributed by atoms with Crippen molar-refractivity contribution in [3.8, 4) is 17.4 Å². The molecular formula is C18H14BrN5O4. The molecule has 4 heterocycles. The normalized spacial score (nSPS) is 11.0. The topological polar surface area (TPSA) is 119 Å². The van der Waals surface area contributed by atoms with Crippen LogP contribution >= 0.6 is 15.9 Å². The molecule has 0 atom stereocenters. The largest absolute Gasteiger partial charge is 0.463 e. The van der Waals surface area contributed by atoms with E-state index >= 15 is 0 Å². The molecule has 9 nitrogen and oxygen atoms in total.